The van der Waals surface area contributed by atoms with Gasteiger partial charge in [0.05, 0.1) is 12.2 Å². The van der Waals surface area contributed by atoms with Crippen LogP contribution in [0.15, 0.2) is 0 Å². The molecule has 0 aromatic carbocycles. The minimum Gasteiger partial charge on any atom is -0.378 e. The Hall–Kier alpha value is -0.960. The van der Waals surface area contributed by atoms with Gasteiger partial charge in [0, 0.05) is 36.9 Å². The number of hydrogen-bond donors (Lipinski definition) is 0. The number of hydrogen-bond acceptors (Lipinski definition) is 2. The highest BCUT2D eigenvalue weighted by atomic mass is 16.5. The van der Waals surface area contributed by atoms with Crippen LogP contribution in [0.3, 0.4) is 0 Å². The standard InChI is InChI=1S/C36H56O2/c1-3-7-33(8-4-1)27-37-35-23-19-31(20-24-35)17-15-29-11-13-30(14-12-29)16-18-32-21-25-36(26-22-32)38-28-34-9-5-2-6-10-34/h29-36H,1-14,19-28H2. The first-order valence-electron chi connectivity index (χ1n) is 17.1. The lowest BCUT2D eigenvalue weighted by molar-refractivity contribution is -0.00312. The first-order chi connectivity index (χ1) is 18.8. The second-order valence-corrected chi connectivity index (χ2v) is 13.7. The molecule has 0 heterocycles. The van der Waals surface area contributed by atoms with Gasteiger partial charge in [-0.1, -0.05) is 62.2 Å². The maximum atomic E-state index is 6.32. The molecule has 5 aliphatic rings. The summed E-state index contributed by atoms with van der Waals surface area (Å²) in [6, 6.07) is 0. The normalized spacial score (nSPS) is 35.5. The van der Waals surface area contributed by atoms with Crippen LogP contribution in [-0.2, 0) is 9.47 Å². The summed E-state index contributed by atoms with van der Waals surface area (Å²) in [5.41, 5.74) is 0. The predicted molar refractivity (Wildman–Crippen MR) is 158 cm³/mol. The van der Waals surface area contributed by atoms with Crippen molar-refractivity contribution in [1.29, 1.82) is 0 Å². The SMILES string of the molecule is C(#CC1CCC(OCC2CCCCC2)CC1)C1CCC(C#CC2CCC(OCC3CCCCC3)CC2)CC1. The van der Waals surface area contributed by atoms with Gasteiger partial charge >= 0.3 is 0 Å². The smallest absolute Gasteiger partial charge is 0.0576 e. The van der Waals surface area contributed by atoms with E-state index < -0.39 is 0 Å². The van der Waals surface area contributed by atoms with Crippen LogP contribution in [0, 0.1) is 59.2 Å². The minimum atomic E-state index is 0.508. The van der Waals surface area contributed by atoms with E-state index in [2.05, 4.69) is 23.7 Å². The van der Waals surface area contributed by atoms with Gasteiger partial charge in [-0.3, -0.25) is 0 Å². The van der Waals surface area contributed by atoms with Gasteiger partial charge in [0.25, 0.3) is 0 Å². The summed E-state index contributed by atoms with van der Waals surface area (Å²) >= 11 is 0. The van der Waals surface area contributed by atoms with E-state index in [-0.39, 0.29) is 0 Å². The molecule has 5 rings (SSSR count). The molecule has 212 valence electrons. The molecule has 5 saturated carbocycles. The summed E-state index contributed by atoms with van der Waals surface area (Å²) in [5.74, 6) is 18.9. The van der Waals surface area contributed by atoms with Crippen molar-refractivity contribution in [1.82, 2.24) is 0 Å². The predicted octanol–water partition coefficient (Wildman–Crippen LogP) is 9.11. The maximum Gasteiger partial charge on any atom is 0.0576 e. The van der Waals surface area contributed by atoms with E-state index in [1.165, 1.54) is 141 Å². The lowest BCUT2D eigenvalue weighted by atomic mass is 9.81. The van der Waals surface area contributed by atoms with Crippen molar-refractivity contribution in [2.45, 2.75) is 153 Å². The Morgan fingerprint density at radius 2 is 0.632 bits per heavy atom. The van der Waals surface area contributed by atoms with E-state index in [9.17, 15) is 0 Å². The Labute approximate surface area is 235 Å². The molecule has 2 nitrogen and oxygen atoms in total. The Bertz CT molecular complexity index is 707. The summed E-state index contributed by atoms with van der Waals surface area (Å²) in [7, 11) is 0. The van der Waals surface area contributed by atoms with Crippen LogP contribution >= 0.6 is 0 Å². The quantitative estimate of drug-likeness (QED) is 0.325. The third-order valence-electron chi connectivity index (χ3n) is 10.6. The topological polar surface area (TPSA) is 18.5 Å². The van der Waals surface area contributed by atoms with E-state index in [4.69, 9.17) is 9.47 Å². The fourth-order valence-electron chi connectivity index (χ4n) is 7.85. The maximum absolute atomic E-state index is 6.32. The Morgan fingerprint density at radius 1 is 0.342 bits per heavy atom. The zero-order chi connectivity index (χ0) is 25.8. The Balaban J connectivity index is 0.923. The first-order valence-corrected chi connectivity index (χ1v) is 17.1. The van der Waals surface area contributed by atoms with Crippen LogP contribution in [0.2, 0.25) is 0 Å². The molecule has 0 radical (unpaired) electrons. The molecular formula is C36H56O2. The molecule has 0 N–H and O–H groups in total. The molecule has 38 heavy (non-hydrogen) atoms. The molecule has 0 aliphatic heterocycles. The third kappa shape index (κ3) is 9.60. The zero-order valence-corrected chi connectivity index (χ0v) is 24.4. The zero-order valence-electron chi connectivity index (χ0n) is 24.4. The van der Waals surface area contributed by atoms with Crippen molar-refractivity contribution < 1.29 is 9.47 Å². The van der Waals surface area contributed by atoms with Gasteiger partial charge in [-0.15, -0.1) is 0 Å². The second kappa shape index (κ2) is 15.7. The summed E-state index contributed by atoms with van der Waals surface area (Å²) in [6.45, 7) is 2.03. The first kappa shape index (κ1) is 28.6. The molecule has 2 heteroatoms. The monoisotopic (exact) mass is 520 g/mol. The number of rotatable bonds is 6. The lowest BCUT2D eigenvalue weighted by Crippen LogP contribution is -2.24. The molecule has 0 aromatic rings. The van der Waals surface area contributed by atoms with Crippen molar-refractivity contribution in [2.24, 2.45) is 35.5 Å². The molecule has 0 bridgehead atoms. The van der Waals surface area contributed by atoms with Gasteiger partial charge in [0.1, 0.15) is 0 Å². The molecule has 0 saturated heterocycles. The van der Waals surface area contributed by atoms with Gasteiger partial charge in [-0.05, 0) is 115 Å². The largest absolute Gasteiger partial charge is 0.378 e. The van der Waals surface area contributed by atoms with Crippen LogP contribution in [0.25, 0.3) is 0 Å². The molecule has 0 atom stereocenters. The van der Waals surface area contributed by atoms with Gasteiger partial charge < -0.3 is 9.47 Å². The molecular weight excluding hydrogens is 464 g/mol. The van der Waals surface area contributed by atoms with Crippen LogP contribution in [-0.4, -0.2) is 25.4 Å². The lowest BCUT2D eigenvalue weighted by Gasteiger charge is -2.29. The Morgan fingerprint density at radius 3 is 0.947 bits per heavy atom. The van der Waals surface area contributed by atoms with E-state index in [1.54, 1.807) is 0 Å². The molecule has 5 aliphatic carbocycles. The van der Waals surface area contributed by atoms with Crippen LogP contribution in [0.4, 0.5) is 0 Å². The molecule has 0 spiro atoms. The highest BCUT2D eigenvalue weighted by Crippen LogP contribution is 2.32. The molecule has 0 amide bonds. The van der Waals surface area contributed by atoms with Gasteiger partial charge in [0.15, 0.2) is 0 Å². The molecule has 5 fully saturated rings. The minimum absolute atomic E-state index is 0.508. The average Bonchev–Trinajstić information content (AvgIpc) is 2.99. The average molecular weight is 521 g/mol. The van der Waals surface area contributed by atoms with Crippen LogP contribution in [0.5, 0.6) is 0 Å². The fourth-order valence-corrected chi connectivity index (χ4v) is 7.85. The molecule has 0 aromatic heterocycles. The van der Waals surface area contributed by atoms with Crippen molar-refractivity contribution >= 4 is 0 Å². The van der Waals surface area contributed by atoms with E-state index in [0.29, 0.717) is 35.9 Å². The van der Waals surface area contributed by atoms with Crippen LogP contribution < -0.4 is 0 Å². The van der Waals surface area contributed by atoms with Gasteiger partial charge in [0.2, 0.25) is 0 Å². The van der Waals surface area contributed by atoms with Crippen molar-refractivity contribution in [3.63, 3.8) is 0 Å². The summed E-state index contributed by atoms with van der Waals surface area (Å²) in [5, 5.41) is 0. The second-order valence-electron chi connectivity index (χ2n) is 13.7. The molecule has 0 unspecified atom stereocenters. The third-order valence-corrected chi connectivity index (χ3v) is 10.6. The fraction of sp³-hybridized carbons (Fsp3) is 0.889. The van der Waals surface area contributed by atoms with Crippen molar-refractivity contribution in [3.8, 4) is 23.7 Å². The van der Waals surface area contributed by atoms with E-state index in [1.807, 2.05) is 0 Å². The van der Waals surface area contributed by atoms with Gasteiger partial charge in [-0.2, -0.15) is 0 Å². The summed E-state index contributed by atoms with van der Waals surface area (Å²) < 4.78 is 12.6. The van der Waals surface area contributed by atoms with Gasteiger partial charge in [-0.25, -0.2) is 0 Å². The summed E-state index contributed by atoms with van der Waals surface area (Å²) in [4.78, 5) is 0. The van der Waals surface area contributed by atoms with E-state index >= 15 is 0 Å². The highest BCUT2D eigenvalue weighted by molar-refractivity contribution is 5.13. The number of ether oxygens (including phenoxy) is 2. The Kier molecular flexibility index (Phi) is 11.8. The highest BCUT2D eigenvalue weighted by Gasteiger charge is 2.25. The van der Waals surface area contributed by atoms with Crippen LogP contribution in [0.1, 0.15) is 141 Å². The van der Waals surface area contributed by atoms with Crippen molar-refractivity contribution in [2.75, 3.05) is 13.2 Å². The summed E-state index contributed by atoms with van der Waals surface area (Å²) in [6.07, 6.45) is 30.1. The van der Waals surface area contributed by atoms with E-state index in [0.717, 1.165) is 25.0 Å². The van der Waals surface area contributed by atoms with Crippen molar-refractivity contribution in [3.05, 3.63) is 0 Å².